The first kappa shape index (κ1) is 22.2. The van der Waals surface area contributed by atoms with E-state index < -0.39 is 16.0 Å². The van der Waals surface area contributed by atoms with Crippen molar-refractivity contribution in [2.24, 2.45) is 0 Å². The summed E-state index contributed by atoms with van der Waals surface area (Å²) in [5.74, 6) is -0.486. The van der Waals surface area contributed by atoms with Crippen LogP contribution in [0.2, 0.25) is 0 Å². The number of ether oxygens (including phenoxy) is 1. The Bertz CT molecular complexity index is 1220. The van der Waals surface area contributed by atoms with Crippen LogP contribution in [0.15, 0.2) is 59.8 Å². The molecule has 1 aliphatic heterocycles. The minimum absolute atomic E-state index is 0.0807. The lowest BCUT2D eigenvalue weighted by Crippen LogP contribution is -2.31. The zero-order valence-electron chi connectivity index (χ0n) is 18.1. The number of sulfonamides is 1. The molecule has 32 heavy (non-hydrogen) atoms. The summed E-state index contributed by atoms with van der Waals surface area (Å²) in [6.07, 6.45) is 10.6. The summed E-state index contributed by atoms with van der Waals surface area (Å²) in [4.78, 5) is 16.9. The second kappa shape index (κ2) is 9.67. The average Bonchev–Trinajstić information content (AvgIpc) is 3.01. The smallest absolute Gasteiger partial charge is 0.331 e. The Hall–Kier alpha value is -2.97. The Morgan fingerprint density at radius 2 is 1.81 bits per heavy atom. The van der Waals surface area contributed by atoms with Crippen molar-refractivity contribution in [3.05, 3.63) is 71.7 Å². The number of nitrogens with zero attached hydrogens (tertiary/aromatic N) is 3. The van der Waals surface area contributed by atoms with Gasteiger partial charge in [0, 0.05) is 31.6 Å². The molecule has 0 aliphatic carbocycles. The van der Waals surface area contributed by atoms with Crippen molar-refractivity contribution in [3.8, 4) is 0 Å². The molecule has 4 rings (SSSR count). The largest absolute Gasteiger partial charge is 0.456 e. The molecule has 1 fully saturated rings. The summed E-state index contributed by atoms with van der Waals surface area (Å²) >= 11 is 0. The number of carbonyl (C=O) groups excluding carboxylic acids is 1. The monoisotopic (exact) mass is 453 g/mol. The Balaban J connectivity index is 1.35. The zero-order valence-corrected chi connectivity index (χ0v) is 18.9. The fraction of sp³-hybridized carbons (Fsp3) is 0.333. The lowest BCUT2D eigenvalue weighted by atomic mass is 10.2. The van der Waals surface area contributed by atoms with Crippen molar-refractivity contribution in [2.75, 3.05) is 13.1 Å². The van der Waals surface area contributed by atoms with Crippen molar-refractivity contribution in [1.29, 1.82) is 0 Å². The van der Waals surface area contributed by atoms with Gasteiger partial charge in [-0.1, -0.05) is 31.0 Å². The molecule has 0 N–H and O–H groups in total. The minimum atomic E-state index is -3.48. The normalized spacial score (nSPS) is 15.8. The number of aryl methyl sites for hydroxylation is 1. The van der Waals surface area contributed by atoms with Gasteiger partial charge in [0.2, 0.25) is 10.0 Å². The number of aromatic nitrogens is 2. The highest BCUT2D eigenvalue weighted by Gasteiger charge is 2.24. The molecule has 0 radical (unpaired) electrons. The molecule has 2 aromatic heterocycles. The second-order valence-electron chi connectivity index (χ2n) is 7.98. The van der Waals surface area contributed by atoms with Crippen LogP contribution in [0, 0.1) is 6.92 Å². The molecule has 0 saturated carbocycles. The molecule has 0 amide bonds. The summed E-state index contributed by atoms with van der Waals surface area (Å²) in [7, 11) is -3.48. The van der Waals surface area contributed by atoms with Gasteiger partial charge in [-0.15, -0.1) is 0 Å². The molecule has 0 unspecified atom stereocenters. The minimum Gasteiger partial charge on any atom is -0.456 e. The van der Waals surface area contributed by atoms with Crippen LogP contribution in [-0.2, 0) is 26.2 Å². The first-order chi connectivity index (χ1) is 15.4. The third kappa shape index (κ3) is 5.08. The van der Waals surface area contributed by atoms with Gasteiger partial charge in [0.25, 0.3) is 0 Å². The SMILES string of the molecule is Cc1cccn2cc(COC(=O)/C=C/c3ccc(S(=O)(=O)N4CCCCCC4)cc3)nc12. The van der Waals surface area contributed by atoms with Crippen LogP contribution in [0.3, 0.4) is 0 Å². The van der Waals surface area contributed by atoms with Gasteiger partial charge < -0.3 is 9.14 Å². The molecular weight excluding hydrogens is 426 g/mol. The van der Waals surface area contributed by atoms with E-state index in [2.05, 4.69) is 4.98 Å². The van der Waals surface area contributed by atoms with Crippen molar-refractivity contribution in [2.45, 2.75) is 44.1 Å². The molecular formula is C24H27N3O4S. The van der Waals surface area contributed by atoms with Gasteiger partial charge >= 0.3 is 5.97 Å². The van der Waals surface area contributed by atoms with Crippen molar-refractivity contribution >= 4 is 27.7 Å². The van der Waals surface area contributed by atoms with E-state index >= 15 is 0 Å². The Morgan fingerprint density at radius 3 is 2.50 bits per heavy atom. The topological polar surface area (TPSA) is 81.0 Å². The second-order valence-corrected chi connectivity index (χ2v) is 9.92. The van der Waals surface area contributed by atoms with E-state index in [9.17, 15) is 13.2 Å². The molecule has 7 nitrogen and oxygen atoms in total. The first-order valence-corrected chi connectivity index (χ1v) is 12.3. The van der Waals surface area contributed by atoms with Gasteiger partial charge in [0.05, 0.1) is 10.6 Å². The predicted octanol–water partition coefficient (Wildman–Crippen LogP) is 3.96. The van der Waals surface area contributed by atoms with E-state index in [0.29, 0.717) is 18.8 Å². The highest BCUT2D eigenvalue weighted by Crippen LogP contribution is 2.21. The molecule has 1 saturated heterocycles. The highest BCUT2D eigenvalue weighted by atomic mass is 32.2. The fourth-order valence-corrected chi connectivity index (χ4v) is 5.33. The lowest BCUT2D eigenvalue weighted by molar-refractivity contribution is -0.139. The van der Waals surface area contributed by atoms with Crippen LogP contribution >= 0.6 is 0 Å². The summed E-state index contributed by atoms with van der Waals surface area (Å²) in [5.41, 5.74) is 3.28. The number of hydrogen-bond donors (Lipinski definition) is 0. The van der Waals surface area contributed by atoms with Gasteiger partial charge in [0.1, 0.15) is 12.3 Å². The average molecular weight is 454 g/mol. The summed E-state index contributed by atoms with van der Waals surface area (Å²) in [6, 6.07) is 10.5. The maximum absolute atomic E-state index is 12.8. The van der Waals surface area contributed by atoms with Gasteiger partial charge in [-0.05, 0) is 55.2 Å². The maximum Gasteiger partial charge on any atom is 0.331 e. The Morgan fingerprint density at radius 1 is 1.09 bits per heavy atom. The highest BCUT2D eigenvalue weighted by molar-refractivity contribution is 7.89. The predicted molar refractivity (Wildman–Crippen MR) is 122 cm³/mol. The summed E-state index contributed by atoms with van der Waals surface area (Å²) < 4.78 is 34.5. The number of esters is 1. The van der Waals surface area contributed by atoms with E-state index in [1.165, 1.54) is 6.08 Å². The van der Waals surface area contributed by atoms with E-state index in [0.717, 1.165) is 42.5 Å². The summed E-state index contributed by atoms with van der Waals surface area (Å²) in [5, 5.41) is 0. The van der Waals surface area contributed by atoms with Gasteiger partial charge in [-0.2, -0.15) is 4.31 Å². The number of hydrogen-bond acceptors (Lipinski definition) is 5. The number of benzene rings is 1. The van der Waals surface area contributed by atoms with Crippen LogP contribution in [-0.4, -0.2) is 41.2 Å². The summed E-state index contributed by atoms with van der Waals surface area (Å²) in [6.45, 7) is 3.20. The number of pyridine rings is 1. The number of rotatable bonds is 6. The van der Waals surface area contributed by atoms with Crippen LogP contribution in [0.5, 0.6) is 0 Å². The first-order valence-electron chi connectivity index (χ1n) is 10.8. The maximum atomic E-state index is 12.8. The molecule has 1 aliphatic rings. The zero-order chi connectivity index (χ0) is 22.6. The van der Waals surface area contributed by atoms with E-state index in [1.807, 2.05) is 35.9 Å². The standard InChI is InChI=1S/C24H27N3O4S/c1-19-7-6-14-26-17-21(25-24(19)26)18-31-23(28)13-10-20-8-11-22(12-9-20)32(29,30)27-15-4-2-3-5-16-27/h6-14,17H,2-5,15-16,18H2,1H3/b13-10+. The molecule has 168 valence electrons. The van der Waals surface area contributed by atoms with Gasteiger partial charge in [0.15, 0.2) is 0 Å². The van der Waals surface area contributed by atoms with Crippen LogP contribution in [0.25, 0.3) is 11.7 Å². The van der Waals surface area contributed by atoms with Gasteiger partial charge in [-0.3, -0.25) is 0 Å². The van der Waals surface area contributed by atoms with E-state index in [-0.39, 0.29) is 11.5 Å². The quantitative estimate of drug-likeness (QED) is 0.417. The third-order valence-corrected chi connectivity index (χ3v) is 7.50. The van der Waals surface area contributed by atoms with Crippen LogP contribution < -0.4 is 0 Å². The number of carbonyl (C=O) groups is 1. The Labute approximate surface area is 188 Å². The van der Waals surface area contributed by atoms with Crippen LogP contribution in [0.1, 0.15) is 42.5 Å². The molecule has 0 spiro atoms. The van der Waals surface area contributed by atoms with Crippen molar-refractivity contribution < 1.29 is 17.9 Å². The molecule has 3 aromatic rings. The Kier molecular flexibility index (Phi) is 6.72. The van der Waals surface area contributed by atoms with Gasteiger partial charge in [-0.25, -0.2) is 18.2 Å². The molecule has 0 atom stereocenters. The number of fused-ring (bicyclic) bond motifs is 1. The van der Waals surface area contributed by atoms with Crippen molar-refractivity contribution in [1.82, 2.24) is 13.7 Å². The van der Waals surface area contributed by atoms with E-state index in [4.69, 9.17) is 4.74 Å². The molecule has 3 heterocycles. The number of imidazole rings is 1. The molecule has 0 bridgehead atoms. The third-order valence-electron chi connectivity index (χ3n) is 5.58. The lowest BCUT2D eigenvalue weighted by Gasteiger charge is -2.19. The molecule has 1 aromatic carbocycles. The molecule has 8 heteroatoms. The van der Waals surface area contributed by atoms with E-state index in [1.54, 1.807) is 34.6 Å². The van der Waals surface area contributed by atoms with Crippen LogP contribution in [0.4, 0.5) is 0 Å². The van der Waals surface area contributed by atoms with Crippen molar-refractivity contribution in [3.63, 3.8) is 0 Å². The fourth-order valence-electron chi connectivity index (χ4n) is 3.81.